The zero-order valence-corrected chi connectivity index (χ0v) is 57.1. The van der Waals surface area contributed by atoms with Gasteiger partial charge < -0.3 is 48.9 Å². The number of hydrogen-bond acceptors (Lipinski definition) is 14. The van der Waals surface area contributed by atoms with Gasteiger partial charge in [0.05, 0.1) is 13.2 Å². The largest absolute Gasteiger partial charge is 0.463 e. The number of unbranched alkanes of at least 4 members (excludes halogenated alkanes) is 28. The first-order chi connectivity index (χ1) is 43.1. The molecule has 2 amide bonds. The molecule has 0 radical (unpaired) electrons. The Bertz CT molecular complexity index is 1540. The maximum atomic E-state index is 14.0. The third-order valence-electron chi connectivity index (χ3n) is 17.6. The van der Waals surface area contributed by atoms with Crippen LogP contribution in [0.1, 0.15) is 336 Å². The van der Waals surface area contributed by atoms with Gasteiger partial charge in [-0.25, -0.2) is 19.2 Å². The van der Waals surface area contributed by atoms with E-state index in [0.29, 0.717) is 51.4 Å². The first-order valence-electron chi connectivity index (χ1n) is 37.2. The van der Waals surface area contributed by atoms with Crippen LogP contribution in [0.15, 0.2) is 0 Å². The van der Waals surface area contributed by atoms with Crippen molar-refractivity contribution in [2.75, 3.05) is 65.6 Å². The van der Waals surface area contributed by atoms with Crippen LogP contribution in [-0.2, 0) is 47.6 Å². The van der Waals surface area contributed by atoms with Crippen molar-refractivity contribution in [1.29, 1.82) is 0 Å². The number of likely N-dealkylation sites (tertiary alicyclic amines) is 2. The van der Waals surface area contributed by atoms with Gasteiger partial charge >= 0.3 is 36.1 Å². The predicted molar refractivity (Wildman–Crippen MR) is 355 cm³/mol. The van der Waals surface area contributed by atoms with Gasteiger partial charge in [0.1, 0.15) is 12.2 Å². The highest BCUT2D eigenvalue weighted by Gasteiger charge is 2.43. The van der Waals surface area contributed by atoms with E-state index in [1.165, 1.54) is 141 Å². The molecule has 2 N–H and O–H groups in total. The van der Waals surface area contributed by atoms with Crippen molar-refractivity contribution in [3.8, 4) is 0 Å². The zero-order valence-electron chi connectivity index (χ0n) is 57.1. The molecule has 2 heterocycles. The van der Waals surface area contributed by atoms with Crippen LogP contribution in [0.4, 0.5) is 9.59 Å². The molecule has 0 aromatic rings. The Morgan fingerprint density at radius 1 is 0.330 bits per heavy atom. The Morgan fingerprint density at radius 2 is 0.614 bits per heavy atom. The Hall–Kier alpha value is -3.66. The highest BCUT2D eigenvalue weighted by molar-refractivity contribution is 5.89. The van der Waals surface area contributed by atoms with Gasteiger partial charge in [-0.1, -0.05) is 207 Å². The van der Waals surface area contributed by atoms with Crippen LogP contribution < -0.4 is 10.6 Å². The number of nitrogens with one attached hydrogen (secondary N) is 2. The number of nitrogens with zero attached hydrogens (tertiary/aromatic N) is 2. The third kappa shape index (κ3) is 46.4. The molecule has 2 fully saturated rings. The molecule has 88 heavy (non-hydrogen) atoms. The summed E-state index contributed by atoms with van der Waals surface area (Å²) in [7, 11) is 0. The Labute approximate surface area is 537 Å². The van der Waals surface area contributed by atoms with Crippen molar-refractivity contribution in [1.82, 2.24) is 20.4 Å². The fourth-order valence-corrected chi connectivity index (χ4v) is 12.1. The fraction of sp³-hybridized carbons (Fsp3) is 0.917. The topological polar surface area (TPSA) is 188 Å². The summed E-state index contributed by atoms with van der Waals surface area (Å²) in [6.07, 6.45) is 43.3. The second kappa shape index (κ2) is 58.4. The van der Waals surface area contributed by atoms with Crippen LogP contribution in [0.25, 0.3) is 0 Å². The van der Waals surface area contributed by atoms with Crippen LogP contribution >= 0.6 is 0 Å². The molecule has 2 rings (SSSR count). The van der Waals surface area contributed by atoms with E-state index in [9.17, 15) is 28.8 Å². The molecule has 2 atom stereocenters. The molecule has 0 aliphatic carbocycles. The average Bonchev–Trinajstić information content (AvgIpc) is 3.73. The molecule has 514 valence electrons. The molecule has 2 unspecified atom stereocenters. The number of carbonyl (C=O) groups excluding carboxylic acids is 6. The van der Waals surface area contributed by atoms with Crippen molar-refractivity contribution < 1.29 is 57.2 Å². The number of rotatable bonds is 59. The minimum Gasteiger partial charge on any atom is -0.463 e. The summed E-state index contributed by atoms with van der Waals surface area (Å²) in [5.74, 6) is -2.28. The number of amides is 2. The van der Waals surface area contributed by atoms with Crippen molar-refractivity contribution in [3.05, 3.63) is 0 Å². The summed E-state index contributed by atoms with van der Waals surface area (Å²) >= 11 is 0. The lowest BCUT2D eigenvalue weighted by Crippen LogP contribution is -2.50. The average molecular weight is 1250 g/mol. The monoisotopic (exact) mass is 1250 g/mol. The summed E-state index contributed by atoms with van der Waals surface area (Å²) in [6.45, 7) is 15.1. The van der Waals surface area contributed by atoms with E-state index in [2.05, 4.69) is 48.1 Å². The van der Waals surface area contributed by atoms with Crippen LogP contribution in [0.2, 0.25) is 0 Å². The van der Waals surface area contributed by atoms with Crippen LogP contribution in [0.5, 0.6) is 0 Å². The Balaban J connectivity index is 2.02. The molecule has 2 aliphatic heterocycles. The zero-order chi connectivity index (χ0) is 63.6. The summed E-state index contributed by atoms with van der Waals surface area (Å²) in [4.78, 5) is 85.8. The maximum absolute atomic E-state index is 14.0. The fourth-order valence-electron chi connectivity index (χ4n) is 12.1. The summed E-state index contributed by atoms with van der Waals surface area (Å²) in [5.41, 5.74) is 0. The SMILES string of the molecule is CCCCCCCCC(CCCCCCCC)OC(=O)CCCCCCCOC(=O)C(OC(=O)NCCCN1CCCCC1)C(OC(=O)NCCCN1CCCCC1)C(=O)OCCCCCCCC(=O)OC(CCCCCCCC)CCCCCCCC. The molecule has 16 heteroatoms. The normalized spacial score (nSPS) is 14.6. The minimum absolute atomic E-state index is 0.0123. The molecule has 2 saturated heterocycles. The lowest BCUT2D eigenvalue weighted by molar-refractivity contribution is -0.173. The standard InChI is InChI=1S/C72H134N4O12/c1-5-9-13-17-23-33-47-63(48-34-24-18-14-10-6-2)85-65(77)51-37-27-21-29-43-61-83-69(79)67(87-71(81)73-53-45-59-75-55-39-31-40-56-75)68(88-72(82)74-54-46-60-76-57-41-32-42-58-76)70(80)84-62-44-30-22-28-38-52-66(78)86-64(49-35-25-19-15-11-7-3)50-36-26-20-16-12-8-4/h63-64,67-68H,5-62H2,1-4H3,(H,73,81)(H,74,82). The van der Waals surface area contributed by atoms with Gasteiger partial charge in [-0.3, -0.25) is 9.59 Å². The van der Waals surface area contributed by atoms with Crippen molar-refractivity contribution in [2.24, 2.45) is 0 Å². The molecule has 16 nitrogen and oxygen atoms in total. The highest BCUT2D eigenvalue weighted by Crippen LogP contribution is 2.22. The number of ether oxygens (including phenoxy) is 6. The maximum Gasteiger partial charge on any atom is 0.408 e. The third-order valence-corrected chi connectivity index (χ3v) is 17.6. The molecule has 0 bridgehead atoms. The summed E-state index contributed by atoms with van der Waals surface area (Å²) < 4.78 is 34.9. The Kier molecular flexibility index (Phi) is 53.4. The first-order valence-corrected chi connectivity index (χ1v) is 37.2. The molecule has 0 aromatic carbocycles. The lowest BCUT2D eigenvalue weighted by Gasteiger charge is -2.27. The van der Waals surface area contributed by atoms with E-state index >= 15 is 0 Å². The van der Waals surface area contributed by atoms with Crippen molar-refractivity contribution in [3.63, 3.8) is 0 Å². The van der Waals surface area contributed by atoms with Gasteiger partial charge in [0.15, 0.2) is 0 Å². The molecular formula is C72H134N4O12. The molecule has 0 spiro atoms. The second-order valence-electron chi connectivity index (χ2n) is 25.8. The van der Waals surface area contributed by atoms with Crippen molar-refractivity contribution >= 4 is 36.1 Å². The van der Waals surface area contributed by atoms with E-state index in [1.54, 1.807) is 0 Å². The van der Waals surface area contributed by atoms with E-state index in [0.717, 1.165) is 155 Å². The molecule has 0 saturated carbocycles. The molecular weight excluding hydrogens is 1110 g/mol. The predicted octanol–water partition coefficient (Wildman–Crippen LogP) is 17.5. The van der Waals surface area contributed by atoms with E-state index < -0.39 is 36.3 Å². The molecule has 2 aliphatic rings. The van der Waals surface area contributed by atoms with Gasteiger partial charge in [0, 0.05) is 25.9 Å². The Morgan fingerprint density at radius 3 is 0.932 bits per heavy atom. The summed E-state index contributed by atoms with van der Waals surface area (Å²) in [6, 6.07) is 0. The number of esters is 4. The molecule has 0 aromatic heterocycles. The lowest BCUT2D eigenvalue weighted by atomic mass is 10.0. The summed E-state index contributed by atoms with van der Waals surface area (Å²) in [5, 5.41) is 5.46. The van der Waals surface area contributed by atoms with E-state index in [1.807, 2.05) is 0 Å². The van der Waals surface area contributed by atoms with E-state index in [4.69, 9.17) is 28.4 Å². The van der Waals surface area contributed by atoms with Gasteiger partial charge in [-0.05, 0) is 155 Å². The van der Waals surface area contributed by atoms with Crippen LogP contribution in [0.3, 0.4) is 0 Å². The minimum atomic E-state index is -1.93. The number of piperidine rings is 2. The van der Waals surface area contributed by atoms with Crippen LogP contribution in [0, 0.1) is 0 Å². The number of hydrogen-bond donors (Lipinski definition) is 2. The highest BCUT2D eigenvalue weighted by atomic mass is 16.6. The number of carbonyl (C=O) groups is 6. The van der Waals surface area contributed by atoms with Gasteiger partial charge in [0.25, 0.3) is 0 Å². The van der Waals surface area contributed by atoms with Gasteiger partial charge in [0.2, 0.25) is 12.2 Å². The smallest absolute Gasteiger partial charge is 0.408 e. The quantitative estimate of drug-likeness (QED) is 0.0332. The van der Waals surface area contributed by atoms with Crippen molar-refractivity contribution in [2.45, 2.75) is 360 Å². The van der Waals surface area contributed by atoms with E-state index in [-0.39, 0.29) is 50.4 Å². The van der Waals surface area contributed by atoms with Gasteiger partial charge in [-0.15, -0.1) is 0 Å². The number of alkyl carbamates (subject to hydrolysis) is 2. The first kappa shape index (κ1) is 80.4. The van der Waals surface area contributed by atoms with Gasteiger partial charge in [-0.2, -0.15) is 0 Å². The second-order valence-corrected chi connectivity index (χ2v) is 25.8. The van der Waals surface area contributed by atoms with Crippen LogP contribution in [-0.4, -0.2) is 136 Å².